The molecular formula is C30H23N. The van der Waals surface area contributed by atoms with E-state index in [1.54, 1.807) is 0 Å². The number of para-hydroxylation sites is 2. The fraction of sp³-hybridized carbons (Fsp3) is 0. The molecule has 0 saturated carbocycles. The van der Waals surface area contributed by atoms with Gasteiger partial charge in [-0.1, -0.05) is 97.0 Å². The minimum Gasteiger partial charge on any atom is -0.311 e. The van der Waals surface area contributed by atoms with Gasteiger partial charge in [0.15, 0.2) is 0 Å². The van der Waals surface area contributed by atoms with E-state index in [9.17, 15) is 0 Å². The molecule has 0 fully saturated rings. The number of hydrogen-bond donors (Lipinski definition) is 0. The second-order valence-electron chi connectivity index (χ2n) is 7.42. The number of benzene rings is 5. The molecular weight excluding hydrogens is 374 g/mol. The highest BCUT2D eigenvalue weighted by Crippen LogP contribution is 2.35. The van der Waals surface area contributed by atoms with Crippen LogP contribution in [0.25, 0.3) is 22.3 Å². The molecule has 0 saturated heterocycles. The van der Waals surface area contributed by atoms with E-state index in [-0.39, 0.29) is 0 Å². The van der Waals surface area contributed by atoms with Crippen LogP contribution in [0.4, 0.5) is 17.1 Å². The lowest BCUT2D eigenvalue weighted by Gasteiger charge is -2.25. The van der Waals surface area contributed by atoms with Crippen molar-refractivity contribution in [2.24, 2.45) is 0 Å². The molecule has 1 heteroatoms. The molecule has 0 aliphatic carbocycles. The van der Waals surface area contributed by atoms with Gasteiger partial charge in [-0.25, -0.2) is 0 Å². The van der Waals surface area contributed by atoms with Crippen molar-refractivity contribution in [3.05, 3.63) is 140 Å². The summed E-state index contributed by atoms with van der Waals surface area (Å²) in [5.74, 6) is 0. The molecule has 0 aromatic heterocycles. The van der Waals surface area contributed by atoms with Gasteiger partial charge in [-0.15, -0.1) is 0 Å². The van der Waals surface area contributed by atoms with Crippen molar-refractivity contribution in [3.8, 4) is 22.3 Å². The van der Waals surface area contributed by atoms with Crippen LogP contribution < -0.4 is 4.90 Å². The Hall–Kier alpha value is -4.10. The summed E-state index contributed by atoms with van der Waals surface area (Å²) in [6.45, 7) is 0. The van der Waals surface area contributed by atoms with Gasteiger partial charge in [0.05, 0.1) is 1.37 Å². The van der Waals surface area contributed by atoms with E-state index >= 15 is 0 Å². The third-order valence-corrected chi connectivity index (χ3v) is 5.40. The van der Waals surface area contributed by atoms with Crippen LogP contribution in [-0.4, -0.2) is 0 Å². The van der Waals surface area contributed by atoms with Crippen molar-refractivity contribution in [3.63, 3.8) is 0 Å². The van der Waals surface area contributed by atoms with Gasteiger partial charge < -0.3 is 4.90 Å². The van der Waals surface area contributed by atoms with Crippen LogP contribution in [0.2, 0.25) is 0 Å². The van der Waals surface area contributed by atoms with Gasteiger partial charge in [-0.3, -0.25) is 0 Å². The predicted octanol–water partition coefficient (Wildman–Crippen LogP) is 8.49. The zero-order valence-electron chi connectivity index (χ0n) is 18.1. The molecule has 5 rings (SSSR count). The van der Waals surface area contributed by atoms with Crippen LogP contribution in [0.15, 0.2) is 140 Å². The fourth-order valence-corrected chi connectivity index (χ4v) is 3.86. The molecule has 0 amide bonds. The number of nitrogens with zero attached hydrogens (tertiary/aromatic N) is 1. The van der Waals surface area contributed by atoms with Crippen LogP contribution in [0, 0.1) is 0 Å². The first-order valence-electron chi connectivity index (χ1n) is 11.0. The average Bonchev–Trinajstić information content (AvgIpc) is 2.87. The second-order valence-corrected chi connectivity index (χ2v) is 7.42. The molecule has 31 heavy (non-hydrogen) atoms. The molecule has 148 valence electrons. The minimum atomic E-state index is 0.510. The summed E-state index contributed by atoms with van der Waals surface area (Å²) in [6.07, 6.45) is 0. The van der Waals surface area contributed by atoms with Gasteiger partial charge in [0, 0.05) is 17.1 Å². The maximum Gasteiger partial charge on any atom is 0.0623 e. The van der Waals surface area contributed by atoms with Gasteiger partial charge >= 0.3 is 0 Å². The zero-order chi connectivity index (χ0) is 21.8. The van der Waals surface area contributed by atoms with E-state index in [0.29, 0.717) is 6.04 Å². The number of hydrogen-bond acceptors (Lipinski definition) is 1. The summed E-state index contributed by atoms with van der Waals surface area (Å²) in [7, 11) is 0. The highest BCUT2D eigenvalue weighted by molar-refractivity contribution is 5.79. The van der Waals surface area contributed by atoms with E-state index < -0.39 is 0 Å². The van der Waals surface area contributed by atoms with Crippen molar-refractivity contribution >= 4 is 17.1 Å². The fourth-order valence-electron chi connectivity index (χ4n) is 3.86. The smallest absolute Gasteiger partial charge is 0.0623 e. The Morgan fingerprint density at radius 3 is 1.45 bits per heavy atom. The third-order valence-electron chi connectivity index (χ3n) is 5.40. The third kappa shape index (κ3) is 4.12. The van der Waals surface area contributed by atoms with E-state index in [1.165, 1.54) is 22.3 Å². The molecule has 0 bridgehead atoms. The Labute approximate surface area is 185 Å². The van der Waals surface area contributed by atoms with Gasteiger partial charge in [-0.2, -0.15) is 0 Å². The van der Waals surface area contributed by atoms with Gasteiger partial charge in [0.2, 0.25) is 0 Å². The number of anilines is 3. The topological polar surface area (TPSA) is 3.24 Å². The lowest BCUT2D eigenvalue weighted by atomic mass is 9.99. The maximum atomic E-state index is 7.83. The molecule has 0 aliphatic rings. The van der Waals surface area contributed by atoms with Crippen molar-refractivity contribution < 1.29 is 1.37 Å². The molecule has 1 nitrogen and oxygen atoms in total. The number of rotatable bonds is 5. The molecule has 0 N–H and O–H groups in total. The molecule has 0 heterocycles. The summed E-state index contributed by atoms with van der Waals surface area (Å²) in [6, 6.07) is 46.3. The Kier molecular flexibility index (Phi) is 4.99. The summed E-state index contributed by atoms with van der Waals surface area (Å²) < 4.78 is 7.83. The first-order valence-corrected chi connectivity index (χ1v) is 10.5. The quantitative estimate of drug-likeness (QED) is 0.286. The van der Waals surface area contributed by atoms with Crippen LogP contribution in [0.3, 0.4) is 0 Å². The van der Waals surface area contributed by atoms with Gasteiger partial charge in [0.1, 0.15) is 0 Å². The monoisotopic (exact) mass is 399 g/mol. The normalized spacial score (nSPS) is 11.0. The average molecular weight is 400 g/mol. The summed E-state index contributed by atoms with van der Waals surface area (Å²) in [4.78, 5) is 2.21. The molecule has 0 radical (unpaired) electrons. The van der Waals surface area contributed by atoms with E-state index in [4.69, 9.17) is 1.37 Å². The van der Waals surface area contributed by atoms with E-state index in [2.05, 4.69) is 89.8 Å². The van der Waals surface area contributed by atoms with Crippen LogP contribution in [0.1, 0.15) is 1.37 Å². The standard InChI is InChI=1S/C30H23N/c1-4-11-24(12-5-1)26-13-10-14-27(23-26)25-19-21-30(22-20-25)31(28-15-6-2-7-16-28)29-17-8-3-9-18-29/h1-23H/i2T. The van der Waals surface area contributed by atoms with Crippen LogP contribution in [0.5, 0.6) is 0 Å². The highest BCUT2D eigenvalue weighted by Gasteiger charge is 2.12. The zero-order valence-corrected chi connectivity index (χ0v) is 17.1. The summed E-state index contributed by atoms with van der Waals surface area (Å²) in [5, 5.41) is 0. The molecule has 0 aliphatic heterocycles. The van der Waals surface area contributed by atoms with Gasteiger partial charge in [0.25, 0.3) is 0 Å². The van der Waals surface area contributed by atoms with Crippen LogP contribution >= 0.6 is 0 Å². The maximum absolute atomic E-state index is 7.83. The Morgan fingerprint density at radius 1 is 0.387 bits per heavy atom. The Balaban J connectivity index is 1.51. The van der Waals surface area contributed by atoms with Crippen molar-refractivity contribution in [1.29, 1.82) is 0 Å². The van der Waals surface area contributed by atoms with Crippen LogP contribution in [-0.2, 0) is 0 Å². The lowest BCUT2D eigenvalue weighted by Crippen LogP contribution is -2.09. The van der Waals surface area contributed by atoms with Crippen molar-refractivity contribution in [2.75, 3.05) is 4.90 Å². The molecule has 0 atom stereocenters. The minimum absolute atomic E-state index is 0.510. The second kappa shape index (κ2) is 8.73. The molecule has 0 spiro atoms. The van der Waals surface area contributed by atoms with Crippen molar-refractivity contribution in [2.45, 2.75) is 0 Å². The predicted molar refractivity (Wildman–Crippen MR) is 132 cm³/mol. The molecule has 0 unspecified atom stereocenters. The molecule has 5 aromatic carbocycles. The lowest BCUT2D eigenvalue weighted by molar-refractivity contribution is 1.28. The summed E-state index contributed by atoms with van der Waals surface area (Å²) in [5.41, 5.74) is 8.02. The van der Waals surface area contributed by atoms with Crippen molar-refractivity contribution in [1.82, 2.24) is 0 Å². The van der Waals surface area contributed by atoms with E-state index in [1.807, 2.05) is 48.5 Å². The SMILES string of the molecule is [3H]c1ccc(N(c2ccccc2)c2ccc(-c3cccc(-c4ccccc4)c3)cc2)cc1. The van der Waals surface area contributed by atoms with Gasteiger partial charge in [-0.05, 0) is 64.7 Å². The molecule has 5 aromatic rings. The first kappa shape index (κ1) is 17.7. The Morgan fingerprint density at radius 2 is 0.839 bits per heavy atom. The highest BCUT2D eigenvalue weighted by atomic mass is 15.1. The van der Waals surface area contributed by atoms with E-state index in [0.717, 1.165) is 17.1 Å². The summed E-state index contributed by atoms with van der Waals surface area (Å²) >= 11 is 0. The first-order chi connectivity index (χ1) is 15.8. The largest absolute Gasteiger partial charge is 0.311 e. The Bertz CT molecular complexity index is 1290.